The van der Waals surface area contributed by atoms with Crippen molar-refractivity contribution in [1.82, 2.24) is 0 Å². The van der Waals surface area contributed by atoms with Crippen LogP contribution in [0.3, 0.4) is 0 Å². The molecule has 2 atom stereocenters. The Morgan fingerprint density at radius 3 is 2.56 bits per heavy atom. The van der Waals surface area contributed by atoms with E-state index in [1.807, 2.05) is 6.92 Å². The molecule has 1 aromatic rings. The molecule has 0 aliphatic carbocycles. The lowest BCUT2D eigenvalue weighted by atomic mass is 10.1. The normalized spacial score (nSPS) is 14.6. The van der Waals surface area contributed by atoms with Crippen molar-refractivity contribution >= 4 is 0 Å². The average molecular weight is 228 g/mol. The number of hydrogen-bond acceptors (Lipinski definition) is 3. The highest BCUT2D eigenvalue weighted by Gasteiger charge is 2.09. The van der Waals surface area contributed by atoms with Crippen LogP contribution in [0.4, 0.5) is 4.39 Å². The van der Waals surface area contributed by atoms with Crippen LogP contribution in [0.5, 0.6) is 5.75 Å². The van der Waals surface area contributed by atoms with Gasteiger partial charge in [-0.2, -0.15) is 0 Å². The smallest absolute Gasteiger partial charge is 0.165 e. The molecule has 1 aromatic carbocycles. The summed E-state index contributed by atoms with van der Waals surface area (Å²) >= 11 is 0. The number of rotatable bonds is 5. The highest BCUT2D eigenvalue weighted by atomic mass is 19.1. The number of halogens is 1. The molecule has 0 fully saturated rings. The molecule has 0 heterocycles. The van der Waals surface area contributed by atoms with Crippen molar-refractivity contribution in [3.8, 4) is 5.75 Å². The molecule has 2 N–H and O–H groups in total. The van der Waals surface area contributed by atoms with E-state index in [-0.39, 0.29) is 24.9 Å². The molecular formula is C12H17FO3. The molecule has 0 spiro atoms. The predicted molar refractivity (Wildman–Crippen MR) is 58.8 cm³/mol. The molecule has 0 radical (unpaired) electrons. The van der Waals surface area contributed by atoms with Crippen LogP contribution in [0.15, 0.2) is 18.2 Å². The third kappa shape index (κ3) is 3.47. The summed E-state index contributed by atoms with van der Waals surface area (Å²) < 4.78 is 18.7. The molecular weight excluding hydrogens is 211 g/mol. The van der Waals surface area contributed by atoms with Crippen molar-refractivity contribution in [3.05, 3.63) is 29.6 Å². The third-order valence-corrected chi connectivity index (χ3v) is 2.27. The molecule has 0 aromatic heterocycles. The largest absolute Gasteiger partial charge is 0.490 e. The van der Waals surface area contributed by atoms with Gasteiger partial charge in [0.1, 0.15) is 0 Å². The predicted octanol–water partition coefficient (Wildman–Crippen LogP) is 1.89. The molecule has 0 bridgehead atoms. The summed E-state index contributed by atoms with van der Waals surface area (Å²) in [7, 11) is 0. The molecule has 1 rings (SSSR count). The molecule has 16 heavy (non-hydrogen) atoms. The van der Waals surface area contributed by atoms with Crippen LogP contribution in [0.25, 0.3) is 0 Å². The van der Waals surface area contributed by atoms with Gasteiger partial charge in [-0.05, 0) is 24.6 Å². The van der Waals surface area contributed by atoms with E-state index >= 15 is 0 Å². The lowest BCUT2D eigenvalue weighted by molar-refractivity contribution is 0.170. The summed E-state index contributed by atoms with van der Waals surface area (Å²) in [6, 6.07) is 4.36. The molecule has 0 aliphatic rings. The van der Waals surface area contributed by atoms with E-state index in [2.05, 4.69) is 0 Å². The van der Waals surface area contributed by atoms with E-state index in [9.17, 15) is 9.50 Å². The molecule has 90 valence electrons. The van der Waals surface area contributed by atoms with Crippen LogP contribution < -0.4 is 4.74 Å². The molecule has 4 heteroatoms. The minimum atomic E-state index is -0.695. The highest BCUT2D eigenvalue weighted by Crippen LogP contribution is 2.22. The van der Waals surface area contributed by atoms with Gasteiger partial charge in [0.15, 0.2) is 11.6 Å². The zero-order chi connectivity index (χ0) is 12.1. The summed E-state index contributed by atoms with van der Waals surface area (Å²) in [4.78, 5) is 0. The number of benzene rings is 1. The van der Waals surface area contributed by atoms with E-state index in [0.29, 0.717) is 5.56 Å². The van der Waals surface area contributed by atoms with Gasteiger partial charge in [0.05, 0.1) is 12.7 Å². The lowest BCUT2D eigenvalue weighted by Gasteiger charge is -2.12. The maximum Gasteiger partial charge on any atom is 0.165 e. The van der Waals surface area contributed by atoms with E-state index in [1.54, 1.807) is 13.0 Å². The highest BCUT2D eigenvalue weighted by molar-refractivity contribution is 5.30. The first-order valence-corrected chi connectivity index (χ1v) is 5.25. The standard InChI is InChI=1S/C12H17FO3/c1-8(6-14)7-16-12-4-3-10(9(2)15)5-11(12)13/h3-5,8-9,14-15H,6-7H2,1-2H3. The van der Waals surface area contributed by atoms with Gasteiger partial charge < -0.3 is 14.9 Å². The SMILES string of the molecule is CC(CO)COc1ccc(C(C)O)cc1F. The molecule has 0 saturated carbocycles. The van der Waals surface area contributed by atoms with Crippen LogP contribution in [0.2, 0.25) is 0 Å². The Kier molecular flexibility index (Phi) is 4.71. The number of ether oxygens (including phenoxy) is 1. The Morgan fingerprint density at radius 2 is 2.06 bits per heavy atom. The fourth-order valence-electron chi connectivity index (χ4n) is 1.18. The molecule has 0 amide bonds. The Labute approximate surface area is 94.5 Å². The average Bonchev–Trinajstić information content (AvgIpc) is 2.26. The molecule has 0 saturated heterocycles. The molecule has 0 aliphatic heterocycles. The van der Waals surface area contributed by atoms with Crippen molar-refractivity contribution in [2.24, 2.45) is 5.92 Å². The van der Waals surface area contributed by atoms with E-state index in [0.717, 1.165) is 0 Å². The van der Waals surface area contributed by atoms with Crippen LogP contribution in [0.1, 0.15) is 25.5 Å². The Hall–Kier alpha value is -1.13. The lowest BCUT2D eigenvalue weighted by Crippen LogP contribution is -2.12. The van der Waals surface area contributed by atoms with Gasteiger partial charge in [0.2, 0.25) is 0 Å². The van der Waals surface area contributed by atoms with Gasteiger partial charge in [-0.1, -0.05) is 13.0 Å². The van der Waals surface area contributed by atoms with Crippen LogP contribution in [0, 0.1) is 11.7 Å². The first-order valence-electron chi connectivity index (χ1n) is 5.25. The number of aliphatic hydroxyl groups excluding tert-OH is 2. The van der Waals surface area contributed by atoms with E-state index in [1.165, 1.54) is 12.1 Å². The monoisotopic (exact) mass is 228 g/mol. The topological polar surface area (TPSA) is 49.7 Å². The molecule has 2 unspecified atom stereocenters. The Morgan fingerprint density at radius 1 is 1.38 bits per heavy atom. The third-order valence-electron chi connectivity index (χ3n) is 2.27. The maximum atomic E-state index is 13.5. The first kappa shape index (κ1) is 12.9. The van der Waals surface area contributed by atoms with Gasteiger partial charge in [0.25, 0.3) is 0 Å². The van der Waals surface area contributed by atoms with Crippen molar-refractivity contribution in [2.75, 3.05) is 13.2 Å². The molecule has 3 nitrogen and oxygen atoms in total. The second-order valence-corrected chi connectivity index (χ2v) is 3.96. The van der Waals surface area contributed by atoms with E-state index in [4.69, 9.17) is 9.84 Å². The first-order chi connectivity index (χ1) is 7.54. The van der Waals surface area contributed by atoms with Crippen molar-refractivity contribution in [3.63, 3.8) is 0 Å². The summed E-state index contributed by atoms with van der Waals surface area (Å²) in [6.07, 6.45) is -0.695. The van der Waals surface area contributed by atoms with Crippen LogP contribution in [-0.2, 0) is 0 Å². The summed E-state index contributed by atoms with van der Waals surface area (Å²) in [6.45, 7) is 3.65. The second-order valence-electron chi connectivity index (χ2n) is 3.96. The van der Waals surface area contributed by atoms with Gasteiger partial charge in [-0.25, -0.2) is 4.39 Å². The number of aliphatic hydroxyl groups is 2. The second kappa shape index (κ2) is 5.82. The zero-order valence-electron chi connectivity index (χ0n) is 9.48. The zero-order valence-corrected chi connectivity index (χ0v) is 9.48. The fourth-order valence-corrected chi connectivity index (χ4v) is 1.18. The van der Waals surface area contributed by atoms with Gasteiger partial charge in [0, 0.05) is 12.5 Å². The van der Waals surface area contributed by atoms with Crippen LogP contribution in [-0.4, -0.2) is 23.4 Å². The van der Waals surface area contributed by atoms with Crippen molar-refractivity contribution in [1.29, 1.82) is 0 Å². The Balaban J connectivity index is 2.68. The Bertz CT molecular complexity index is 339. The summed E-state index contributed by atoms with van der Waals surface area (Å²) in [5.74, 6) is -0.385. The minimum Gasteiger partial charge on any atom is -0.490 e. The van der Waals surface area contributed by atoms with Crippen LogP contribution >= 0.6 is 0 Å². The van der Waals surface area contributed by atoms with Gasteiger partial charge in [-0.3, -0.25) is 0 Å². The van der Waals surface area contributed by atoms with Gasteiger partial charge >= 0.3 is 0 Å². The summed E-state index contributed by atoms with van der Waals surface area (Å²) in [5, 5.41) is 18.0. The van der Waals surface area contributed by atoms with Gasteiger partial charge in [-0.15, -0.1) is 0 Å². The maximum absolute atomic E-state index is 13.5. The number of hydrogen-bond donors (Lipinski definition) is 2. The fraction of sp³-hybridized carbons (Fsp3) is 0.500. The summed E-state index contributed by atoms with van der Waals surface area (Å²) in [5.41, 5.74) is 0.514. The van der Waals surface area contributed by atoms with Crippen molar-refractivity contribution in [2.45, 2.75) is 20.0 Å². The van der Waals surface area contributed by atoms with Crippen molar-refractivity contribution < 1.29 is 19.3 Å². The quantitative estimate of drug-likeness (QED) is 0.809. The van der Waals surface area contributed by atoms with E-state index < -0.39 is 11.9 Å². The minimum absolute atomic E-state index is 0.00732.